The highest BCUT2D eigenvalue weighted by Crippen LogP contribution is 2.32. The van der Waals surface area contributed by atoms with E-state index in [9.17, 15) is 4.79 Å². The molecule has 7 nitrogen and oxygen atoms in total. The highest BCUT2D eigenvalue weighted by Gasteiger charge is 2.21. The molecular weight excluding hydrogens is 426 g/mol. The molecule has 0 radical (unpaired) electrons. The minimum atomic E-state index is -0.132. The van der Waals surface area contributed by atoms with Crippen molar-refractivity contribution in [1.82, 2.24) is 14.7 Å². The van der Waals surface area contributed by atoms with Gasteiger partial charge in [0, 0.05) is 23.8 Å². The van der Waals surface area contributed by atoms with E-state index >= 15 is 0 Å². The van der Waals surface area contributed by atoms with Crippen molar-refractivity contribution in [3.8, 4) is 17.2 Å². The van der Waals surface area contributed by atoms with Crippen LogP contribution in [0.15, 0.2) is 56.9 Å². The number of methoxy groups -OCH3 is 2. The largest absolute Gasteiger partial charge is 0.493 e. The van der Waals surface area contributed by atoms with Gasteiger partial charge in [0.2, 0.25) is 0 Å². The number of benzene rings is 2. The van der Waals surface area contributed by atoms with Crippen LogP contribution in [-0.4, -0.2) is 28.9 Å². The summed E-state index contributed by atoms with van der Waals surface area (Å²) in [6.07, 6.45) is 4.22. The monoisotopic (exact) mass is 449 g/mol. The summed E-state index contributed by atoms with van der Waals surface area (Å²) >= 11 is 1.48. The third-order valence-corrected chi connectivity index (χ3v) is 6.69. The number of ether oxygens (including phenoxy) is 2. The van der Waals surface area contributed by atoms with Gasteiger partial charge < -0.3 is 14.0 Å². The summed E-state index contributed by atoms with van der Waals surface area (Å²) in [6.45, 7) is 0. The first kappa shape index (κ1) is 20.6. The second-order valence-electron chi connectivity index (χ2n) is 7.62. The highest BCUT2D eigenvalue weighted by atomic mass is 32.2. The molecule has 0 bridgehead atoms. The summed E-state index contributed by atoms with van der Waals surface area (Å²) in [5, 5.41) is 5.45. The quantitative estimate of drug-likeness (QED) is 0.315. The summed E-state index contributed by atoms with van der Waals surface area (Å²) in [5.41, 5.74) is 3.34. The number of hydrogen-bond donors (Lipinski definition) is 0. The van der Waals surface area contributed by atoms with Crippen molar-refractivity contribution in [2.24, 2.45) is 0 Å². The van der Waals surface area contributed by atoms with Gasteiger partial charge in [-0.2, -0.15) is 0 Å². The molecule has 0 N–H and O–H groups in total. The van der Waals surface area contributed by atoms with E-state index in [0.717, 1.165) is 37.1 Å². The Hall–Kier alpha value is -3.26. The van der Waals surface area contributed by atoms with Gasteiger partial charge in [-0.15, -0.1) is 0 Å². The SMILES string of the molecule is COc1ccc(-n2c(SCc3noc4c3CCCC4)nc3ccccc3c2=O)cc1OC. The maximum Gasteiger partial charge on any atom is 0.266 e. The van der Waals surface area contributed by atoms with Crippen molar-refractivity contribution in [3.63, 3.8) is 0 Å². The highest BCUT2D eigenvalue weighted by molar-refractivity contribution is 7.98. The Bertz CT molecular complexity index is 1350. The van der Waals surface area contributed by atoms with Gasteiger partial charge >= 0.3 is 0 Å². The first-order chi connectivity index (χ1) is 15.7. The van der Waals surface area contributed by atoms with Crippen LogP contribution < -0.4 is 15.0 Å². The average molecular weight is 450 g/mol. The Labute approximate surface area is 189 Å². The van der Waals surface area contributed by atoms with Crippen molar-refractivity contribution >= 4 is 22.7 Å². The van der Waals surface area contributed by atoms with Gasteiger partial charge in [-0.05, 0) is 43.5 Å². The third-order valence-electron chi connectivity index (χ3n) is 5.74. The lowest BCUT2D eigenvalue weighted by molar-refractivity contribution is 0.354. The molecule has 1 aliphatic rings. The first-order valence-electron chi connectivity index (χ1n) is 10.5. The van der Waals surface area contributed by atoms with Crippen LogP contribution in [0.5, 0.6) is 11.5 Å². The molecule has 8 heteroatoms. The van der Waals surface area contributed by atoms with E-state index in [-0.39, 0.29) is 5.56 Å². The van der Waals surface area contributed by atoms with Gasteiger partial charge in [0.15, 0.2) is 16.7 Å². The van der Waals surface area contributed by atoms with Crippen molar-refractivity contribution in [3.05, 3.63) is 69.8 Å². The number of aromatic nitrogens is 3. The van der Waals surface area contributed by atoms with E-state index in [2.05, 4.69) is 5.16 Å². The molecule has 0 aliphatic heterocycles. The molecule has 0 fully saturated rings. The van der Waals surface area contributed by atoms with E-state index in [1.807, 2.05) is 24.3 Å². The van der Waals surface area contributed by atoms with Crippen LogP contribution in [0, 0.1) is 0 Å². The fraction of sp³-hybridized carbons (Fsp3) is 0.292. The smallest absolute Gasteiger partial charge is 0.266 e. The van der Waals surface area contributed by atoms with E-state index < -0.39 is 0 Å². The summed E-state index contributed by atoms with van der Waals surface area (Å²) in [5.74, 6) is 2.72. The van der Waals surface area contributed by atoms with E-state index in [1.165, 1.54) is 17.3 Å². The molecule has 2 aromatic heterocycles. The van der Waals surface area contributed by atoms with Crippen LogP contribution in [0.2, 0.25) is 0 Å². The van der Waals surface area contributed by atoms with Crippen LogP contribution in [0.25, 0.3) is 16.6 Å². The molecule has 5 rings (SSSR count). The van der Waals surface area contributed by atoms with Gasteiger partial charge in [-0.25, -0.2) is 4.98 Å². The molecule has 32 heavy (non-hydrogen) atoms. The van der Waals surface area contributed by atoms with Crippen molar-refractivity contribution < 1.29 is 14.0 Å². The van der Waals surface area contributed by atoms with Crippen LogP contribution in [0.4, 0.5) is 0 Å². The van der Waals surface area contributed by atoms with Gasteiger partial charge in [0.05, 0.1) is 36.5 Å². The van der Waals surface area contributed by atoms with Gasteiger partial charge in [0.1, 0.15) is 5.76 Å². The number of hydrogen-bond acceptors (Lipinski definition) is 7. The van der Waals surface area contributed by atoms with Crippen molar-refractivity contribution in [2.45, 2.75) is 36.6 Å². The molecule has 0 spiro atoms. The fourth-order valence-corrected chi connectivity index (χ4v) is 5.07. The van der Waals surface area contributed by atoms with Gasteiger partial charge in [-0.1, -0.05) is 29.1 Å². The molecule has 0 saturated heterocycles. The minimum Gasteiger partial charge on any atom is -0.493 e. The Balaban J connectivity index is 1.60. The zero-order valence-electron chi connectivity index (χ0n) is 18.0. The van der Waals surface area contributed by atoms with Crippen LogP contribution in [0.3, 0.4) is 0 Å². The molecule has 0 unspecified atom stereocenters. The molecule has 1 aliphatic carbocycles. The van der Waals surface area contributed by atoms with Gasteiger partial charge in [0.25, 0.3) is 5.56 Å². The predicted octanol–water partition coefficient (Wildman–Crippen LogP) is 4.56. The Morgan fingerprint density at radius 1 is 1.06 bits per heavy atom. The number of aryl methyl sites for hydroxylation is 1. The Kier molecular flexibility index (Phi) is 5.61. The number of thioether (sulfide) groups is 1. The van der Waals surface area contributed by atoms with Gasteiger partial charge in [-0.3, -0.25) is 9.36 Å². The van der Waals surface area contributed by atoms with Crippen molar-refractivity contribution in [2.75, 3.05) is 14.2 Å². The minimum absolute atomic E-state index is 0.132. The van der Waals surface area contributed by atoms with E-state index in [4.69, 9.17) is 19.0 Å². The molecular formula is C24H23N3O4S. The molecule has 2 heterocycles. The predicted molar refractivity (Wildman–Crippen MR) is 123 cm³/mol. The molecule has 4 aromatic rings. The lowest BCUT2D eigenvalue weighted by Gasteiger charge is -2.15. The van der Waals surface area contributed by atoms with E-state index in [1.54, 1.807) is 37.0 Å². The second kappa shape index (κ2) is 8.70. The van der Waals surface area contributed by atoms with E-state index in [0.29, 0.717) is 39.0 Å². The molecule has 0 saturated carbocycles. The molecule has 0 amide bonds. The maximum atomic E-state index is 13.5. The normalized spacial score (nSPS) is 13.2. The number of rotatable bonds is 6. The zero-order chi connectivity index (χ0) is 22.1. The summed E-state index contributed by atoms with van der Waals surface area (Å²) in [4.78, 5) is 18.3. The number of fused-ring (bicyclic) bond motifs is 2. The third kappa shape index (κ3) is 3.64. The Morgan fingerprint density at radius 2 is 1.88 bits per heavy atom. The second-order valence-corrected chi connectivity index (χ2v) is 8.56. The Morgan fingerprint density at radius 3 is 2.72 bits per heavy atom. The molecule has 2 aromatic carbocycles. The van der Waals surface area contributed by atoms with Crippen molar-refractivity contribution in [1.29, 1.82) is 0 Å². The lowest BCUT2D eigenvalue weighted by atomic mass is 9.97. The first-order valence-corrected chi connectivity index (χ1v) is 11.5. The number of nitrogens with zero attached hydrogens (tertiary/aromatic N) is 3. The van der Waals surface area contributed by atoms with Crippen LogP contribution in [0.1, 0.15) is 29.9 Å². The fourth-order valence-electron chi connectivity index (χ4n) is 4.10. The molecule has 0 atom stereocenters. The summed E-state index contributed by atoms with van der Waals surface area (Å²) < 4.78 is 18.0. The lowest BCUT2D eigenvalue weighted by Crippen LogP contribution is -2.22. The van der Waals surface area contributed by atoms with Crippen LogP contribution in [-0.2, 0) is 18.6 Å². The topological polar surface area (TPSA) is 79.4 Å². The summed E-state index contributed by atoms with van der Waals surface area (Å²) in [6, 6.07) is 12.8. The molecule has 164 valence electrons. The number of para-hydroxylation sites is 1. The zero-order valence-corrected chi connectivity index (χ0v) is 18.8. The summed E-state index contributed by atoms with van der Waals surface area (Å²) in [7, 11) is 3.16. The standard InChI is InChI=1S/C24H23N3O4S/c1-29-21-12-11-15(13-22(21)30-2)27-23(28)17-8-3-5-9-18(17)25-24(27)32-14-19-16-7-4-6-10-20(16)31-26-19/h3,5,8-9,11-13H,4,6-7,10,14H2,1-2H3. The maximum absolute atomic E-state index is 13.5. The van der Waals surface area contributed by atoms with Crippen LogP contribution >= 0.6 is 11.8 Å². The average Bonchev–Trinajstić information content (AvgIpc) is 3.25.